The Morgan fingerprint density at radius 1 is 1.12 bits per heavy atom. The highest BCUT2D eigenvalue weighted by Crippen LogP contribution is 2.34. The first-order chi connectivity index (χ1) is 11.7. The second-order valence-corrected chi connectivity index (χ2v) is 5.93. The van der Waals surface area contributed by atoms with E-state index in [2.05, 4.69) is 31.3 Å². The number of amides is 1. The van der Waals surface area contributed by atoms with E-state index >= 15 is 0 Å². The summed E-state index contributed by atoms with van der Waals surface area (Å²) in [6.07, 6.45) is 6.19. The molecule has 5 heteroatoms. The van der Waals surface area contributed by atoms with Gasteiger partial charge in [-0.1, -0.05) is 13.8 Å². The molecule has 24 heavy (non-hydrogen) atoms. The summed E-state index contributed by atoms with van der Waals surface area (Å²) in [5.41, 5.74) is 2.03. The van der Waals surface area contributed by atoms with Crippen molar-refractivity contribution in [3.63, 3.8) is 0 Å². The largest absolute Gasteiger partial charge is 0.454 e. The van der Waals surface area contributed by atoms with E-state index in [1.165, 1.54) is 5.56 Å². The number of pyridine rings is 1. The molecule has 2 aromatic rings. The summed E-state index contributed by atoms with van der Waals surface area (Å²) in [4.78, 5) is 12.2. The number of anilines is 1. The molecule has 0 saturated heterocycles. The maximum atomic E-state index is 12.2. The average molecular weight is 327 g/mol. The van der Waals surface area contributed by atoms with Gasteiger partial charge in [-0.25, -0.2) is 0 Å². The number of rotatable bonds is 6. The fraction of sp³-hybridized carbons (Fsp3) is 0.368. The van der Waals surface area contributed by atoms with Gasteiger partial charge in [0.15, 0.2) is 23.9 Å². The smallest absolute Gasteiger partial charge is 0.290 e. The van der Waals surface area contributed by atoms with E-state index in [1.807, 2.05) is 23.0 Å². The zero-order valence-corrected chi connectivity index (χ0v) is 14.1. The van der Waals surface area contributed by atoms with Gasteiger partial charge in [-0.3, -0.25) is 4.79 Å². The summed E-state index contributed by atoms with van der Waals surface area (Å²) < 4.78 is 12.5. The predicted octanol–water partition coefficient (Wildman–Crippen LogP) is 3.25. The Balaban J connectivity index is 1.60. The molecular weight excluding hydrogens is 304 g/mol. The Kier molecular flexibility index (Phi) is 4.99. The molecule has 1 aromatic heterocycles. The number of carbonyl (C=O) groups is 1. The van der Waals surface area contributed by atoms with Crippen molar-refractivity contribution in [1.82, 2.24) is 0 Å². The van der Waals surface area contributed by atoms with Crippen molar-refractivity contribution < 1.29 is 18.8 Å². The molecule has 1 aliphatic rings. The van der Waals surface area contributed by atoms with Crippen molar-refractivity contribution in [3.8, 4) is 11.5 Å². The average Bonchev–Trinajstić information content (AvgIpc) is 3.05. The van der Waals surface area contributed by atoms with Crippen molar-refractivity contribution in [2.75, 3.05) is 12.1 Å². The van der Waals surface area contributed by atoms with Gasteiger partial charge < -0.3 is 14.8 Å². The van der Waals surface area contributed by atoms with Crippen LogP contribution in [0.2, 0.25) is 0 Å². The normalized spacial score (nSPS) is 12.5. The highest BCUT2D eigenvalue weighted by molar-refractivity contribution is 5.90. The number of hydrogen-bond donors (Lipinski definition) is 1. The quantitative estimate of drug-likeness (QED) is 0.829. The number of nitrogens with zero attached hydrogens (tertiary/aromatic N) is 1. The Bertz CT molecular complexity index is 709. The van der Waals surface area contributed by atoms with E-state index in [0.717, 1.165) is 12.8 Å². The van der Waals surface area contributed by atoms with Crippen molar-refractivity contribution in [2.24, 2.45) is 0 Å². The number of benzene rings is 1. The molecule has 1 amide bonds. The standard InChI is InChI=1S/C19H22N2O3/c1-3-14(4-2)15-7-9-21(10-8-15)12-19(22)20-16-5-6-17-18(11-16)24-13-23-17/h5-11,14H,3-4,12-13H2,1-2H3/p+1. The molecule has 0 unspecified atom stereocenters. The summed E-state index contributed by atoms with van der Waals surface area (Å²) in [5, 5.41) is 2.88. The van der Waals surface area contributed by atoms with E-state index in [1.54, 1.807) is 12.1 Å². The third-order valence-electron chi connectivity index (χ3n) is 4.36. The number of hydrogen-bond acceptors (Lipinski definition) is 3. The lowest BCUT2D eigenvalue weighted by molar-refractivity contribution is -0.684. The van der Waals surface area contributed by atoms with Crippen LogP contribution in [-0.2, 0) is 11.3 Å². The number of carbonyl (C=O) groups excluding carboxylic acids is 1. The second kappa shape index (κ2) is 7.34. The van der Waals surface area contributed by atoms with Crippen molar-refractivity contribution in [1.29, 1.82) is 0 Å². The fourth-order valence-electron chi connectivity index (χ4n) is 2.95. The molecule has 1 N–H and O–H groups in total. The van der Waals surface area contributed by atoms with Crippen LogP contribution in [-0.4, -0.2) is 12.7 Å². The summed E-state index contributed by atoms with van der Waals surface area (Å²) in [7, 11) is 0. The summed E-state index contributed by atoms with van der Waals surface area (Å²) in [5.74, 6) is 1.88. The van der Waals surface area contributed by atoms with Crippen LogP contribution in [0.25, 0.3) is 0 Å². The molecule has 1 aliphatic heterocycles. The van der Waals surface area contributed by atoms with Crippen molar-refractivity contribution >= 4 is 11.6 Å². The lowest BCUT2D eigenvalue weighted by Gasteiger charge is -2.11. The van der Waals surface area contributed by atoms with Gasteiger partial charge in [0.25, 0.3) is 5.91 Å². The maximum absolute atomic E-state index is 12.2. The molecule has 0 bridgehead atoms. The second-order valence-electron chi connectivity index (χ2n) is 5.93. The van der Waals surface area contributed by atoms with Crippen molar-refractivity contribution in [2.45, 2.75) is 39.2 Å². The van der Waals surface area contributed by atoms with E-state index in [-0.39, 0.29) is 19.2 Å². The molecule has 126 valence electrons. The first-order valence-electron chi connectivity index (χ1n) is 8.38. The van der Waals surface area contributed by atoms with Gasteiger partial charge >= 0.3 is 0 Å². The van der Waals surface area contributed by atoms with Crippen LogP contribution in [0.5, 0.6) is 11.5 Å². The number of nitrogens with one attached hydrogen (secondary N) is 1. The third kappa shape index (κ3) is 3.67. The highest BCUT2D eigenvalue weighted by Gasteiger charge is 2.16. The minimum absolute atomic E-state index is 0.0749. The third-order valence-corrected chi connectivity index (χ3v) is 4.36. The SMILES string of the molecule is CCC(CC)c1cc[n+](CC(=O)Nc2ccc3c(c2)OCO3)cc1. The zero-order chi connectivity index (χ0) is 16.9. The van der Waals surface area contributed by atoms with Crippen LogP contribution in [0.15, 0.2) is 42.7 Å². The minimum atomic E-state index is -0.0749. The van der Waals surface area contributed by atoms with E-state index in [4.69, 9.17) is 9.47 Å². The van der Waals surface area contributed by atoms with Gasteiger partial charge in [0, 0.05) is 23.9 Å². The fourth-order valence-corrected chi connectivity index (χ4v) is 2.95. The van der Waals surface area contributed by atoms with E-state index in [0.29, 0.717) is 23.1 Å². The molecule has 0 fully saturated rings. The first kappa shape index (κ1) is 16.3. The molecule has 3 rings (SSSR count). The van der Waals surface area contributed by atoms with E-state index < -0.39 is 0 Å². The summed E-state index contributed by atoms with van der Waals surface area (Å²) in [6.45, 7) is 4.91. The van der Waals surface area contributed by atoms with Gasteiger partial charge in [-0.15, -0.1) is 0 Å². The number of fused-ring (bicyclic) bond motifs is 1. The number of ether oxygens (including phenoxy) is 2. The Morgan fingerprint density at radius 3 is 2.54 bits per heavy atom. The molecular formula is C19H23N2O3+. The molecule has 0 spiro atoms. The molecule has 0 radical (unpaired) electrons. The minimum Gasteiger partial charge on any atom is -0.454 e. The highest BCUT2D eigenvalue weighted by atomic mass is 16.7. The first-order valence-corrected chi connectivity index (χ1v) is 8.38. The van der Waals surface area contributed by atoms with Crippen LogP contribution in [0.4, 0.5) is 5.69 Å². The lowest BCUT2D eigenvalue weighted by Crippen LogP contribution is -2.39. The summed E-state index contributed by atoms with van der Waals surface area (Å²) >= 11 is 0. The van der Waals surface area contributed by atoms with Gasteiger partial charge in [0.05, 0.1) is 0 Å². The van der Waals surface area contributed by atoms with E-state index in [9.17, 15) is 4.79 Å². The predicted molar refractivity (Wildman–Crippen MR) is 91.2 cm³/mol. The Labute approximate surface area is 142 Å². The Morgan fingerprint density at radius 2 is 1.83 bits per heavy atom. The van der Waals surface area contributed by atoms with Crippen LogP contribution in [0.1, 0.15) is 38.2 Å². The topological polar surface area (TPSA) is 51.4 Å². The number of aromatic nitrogens is 1. The lowest BCUT2D eigenvalue weighted by atomic mass is 9.95. The van der Waals surface area contributed by atoms with Gasteiger partial charge in [-0.2, -0.15) is 4.57 Å². The van der Waals surface area contributed by atoms with Crippen LogP contribution in [0, 0.1) is 0 Å². The summed E-state index contributed by atoms with van der Waals surface area (Å²) in [6, 6.07) is 9.60. The maximum Gasteiger partial charge on any atom is 0.290 e. The van der Waals surface area contributed by atoms with Crippen LogP contribution >= 0.6 is 0 Å². The molecule has 1 aromatic carbocycles. The monoisotopic (exact) mass is 327 g/mol. The molecule has 0 atom stereocenters. The molecule has 2 heterocycles. The van der Waals surface area contributed by atoms with Gasteiger partial charge in [0.2, 0.25) is 13.3 Å². The zero-order valence-electron chi connectivity index (χ0n) is 14.1. The Hall–Kier alpha value is -2.56. The van der Waals surface area contributed by atoms with Crippen LogP contribution in [0.3, 0.4) is 0 Å². The van der Waals surface area contributed by atoms with Gasteiger partial charge in [-0.05, 0) is 36.5 Å². The molecule has 0 saturated carbocycles. The molecule has 5 nitrogen and oxygen atoms in total. The van der Waals surface area contributed by atoms with Gasteiger partial charge in [0.1, 0.15) is 0 Å². The van der Waals surface area contributed by atoms with Crippen molar-refractivity contribution in [3.05, 3.63) is 48.3 Å². The van der Waals surface area contributed by atoms with Crippen LogP contribution < -0.4 is 19.4 Å². The molecule has 0 aliphatic carbocycles.